The van der Waals surface area contributed by atoms with Gasteiger partial charge in [-0.2, -0.15) is 13.2 Å². The molecule has 0 amide bonds. The summed E-state index contributed by atoms with van der Waals surface area (Å²) in [7, 11) is 0. The fourth-order valence-electron chi connectivity index (χ4n) is 3.51. The van der Waals surface area contributed by atoms with Gasteiger partial charge < -0.3 is 0 Å². The van der Waals surface area contributed by atoms with E-state index in [1.807, 2.05) is 0 Å². The van der Waals surface area contributed by atoms with Gasteiger partial charge in [0, 0.05) is 0 Å². The molecular weight excluding hydrogens is 355 g/mol. The molecule has 0 aliphatic carbocycles. The van der Waals surface area contributed by atoms with E-state index in [9.17, 15) is 18.0 Å². The molecule has 0 saturated carbocycles. The van der Waals surface area contributed by atoms with Crippen molar-refractivity contribution in [1.29, 1.82) is 0 Å². The summed E-state index contributed by atoms with van der Waals surface area (Å²) in [5, 5.41) is 0.389. The second kappa shape index (κ2) is 6.81. The summed E-state index contributed by atoms with van der Waals surface area (Å²) >= 11 is 0. The summed E-state index contributed by atoms with van der Waals surface area (Å²) in [4.78, 5) is 19.9. The van der Waals surface area contributed by atoms with Crippen molar-refractivity contribution < 1.29 is 13.2 Å². The Morgan fingerprint density at radius 2 is 1.74 bits per heavy atom. The largest absolute Gasteiger partial charge is 0.416 e. The predicted octanol–water partition coefficient (Wildman–Crippen LogP) is 4.00. The topological polar surface area (TPSA) is 38.1 Å². The van der Waals surface area contributed by atoms with Crippen molar-refractivity contribution in [3.05, 3.63) is 70.3 Å². The molecule has 0 atom stereocenters. The quantitative estimate of drug-likeness (QED) is 0.697. The minimum absolute atomic E-state index is 0.183. The van der Waals surface area contributed by atoms with E-state index in [-0.39, 0.29) is 11.2 Å². The van der Waals surface area contributed by atoms with Gasteiger partial charge in [0.2, 0.25) is 0 Å². The highest BCUT2D eigenvalue weighted by Gasteiger charge is 2.31. The third-order valence-electron chi connectivity index (χ3n) is 4.84. The van der Waals surface area contributed by atoms with Gasteiger partial charge in [-0.15, -0.1) is 0 Å². The number of likely N-dealkylation sites (tertiary alicyclic amines) is 1. The van der Waals surface area contributed by atoms with E-state index < -0.39 is 11.7 Å². The number of halogens is 3. The molecule has 27 heavy (non-hydrogen) atoms. The molecule has 2 aromatic carbocycles. The van der Waals surface area contributed by atoms with Crippen LogP contribution in [-0.2, 0) is 12.7 Å². The van der Waals surface area contributed by atoms with Gasteiger partial charge in [0.25, 0.3) is 5.56 Å². The third kappa shape index (κ3) is 3.47. The Morgan fingerprint density at radius 1 is 1.00 bits per heavy atom. The molecule has 7 heteroatoms. The average Bonchev–Trinajstić information content (AvgIpc) is 3.14. The maximum absolute atomic E-state index is 13.2. The Kier molecular flexibility index (Phi) is 4.47. The Labute approximate surface area is 153 Å². The van der Waals surface area contributed by atoms with E-state index in [0.717, 1.165) is 38.1 Å². The number of hydrogen-bond acceptors (Lipinski definition) is 3. The highest BCUT2D eigenvalue weighted by atomic mass is 19.4. The number of hydrogen-bond donors (Lipinski definition) is 0. The van der Waals surface area contributed by atoms with Crippen LogP contribution in [0.25, 0.3) is 16.6 Å². The van der Waals surface area contributed by atoms with Gasteiger partial charge in [-0.05, 0) is 56.3 Å². The number of benzene rings is 2. The van der Waals surface area contributed by atoms with Gasteiger partial charge >= 0.3 is 6.18 Å². The maximum atomic E-state index is 13.2. The lowest BCUT2D eigenvalue weighted by atomic mass is 10.1. The fraction of sp³-hybridized carbons (Fsp3) is 0.300. The van der Waals surface area contributed by atoms with Crippen molar-refractivity contribution in [1.82, 2.24) is 14.5 Å². The average molecular weight is 373 g/mol. The molecule has 0 unspecified atom stereocenters. The smallest absolute Gasteiger partial charge is 0.296 e. The first-order valence-corrected chi connectivity index (χ1v) is 8.84. The van der Waals surface area contributed by atoms with Crippen molar-refractivity contribution >= 4 is 10.9 Å². The van der Waals surface area contributed by atoms with Crippen LogP contribution in [0.2, 0.25) is 0 Å². The number of aromatic nitrogens is 2. The van der Waals surface area contributed by atoms with Gasteiger partial charge in [0.05, 0.1) is 28.7 Å². The van der Waals surface area contributed by atoms with Crippen molar-refractivity contribution in [2.75, 3.05) is 13.1 Å². The molecule has 140 valence electrons. The molecule has 1 aliphatic heterocycles. The molecule has 1 fully saturated rings. The molecule has 1 aliphatic rings. The standard InChI is InChI=1S/C20H18F3N3O/c21-20(22,23)14-6-5-7-15(12-14)26-18(13-25-10-3-4-11-25)24-17-9-2-1-8-16(17)19(26)27/h1-2,5-9,12H,3-4,10-11,13H2. The predicted molar refractivity (Wildman–Crippen MR) is 96.9 cm³/mol. The number of rotatable bonds is 3. The first kappa shape index (κ1) is 17.7. The van der Waals surface area contributed by atoms with E-state index in [1.165, 1.54) is 16.7 Å². The molecule has 0 radical (unpaired) electrons. The summed E-state index contributed by atoms with van der Waals surface area (Å²) in [6, 6.07) is 11.8. The van der Waals surface area contributed by atoms with Gasteiger partial charge in [0.15, 0.2) is 0 Å². The Hall–Kier alpha value is -2.67. The summed E-state index contributed by atoms with van der Waals surface area (Å²) in [6.07, 6.45) is -2.33. The minimum atomic E-state index is -4.47. The molecule has 0 bridgehead atoms. The van der Waals surface area contributed by atoms with Crippen molar-refractivity contribution in [2.45, 2.75) is 25.6 Å². The summed E-state index contributed by atoms with van der Waals surface area (Å²) in [5.41, 5.74) is -0.400. The minimum Gasteiger partial charge on any atom is -0.296 e. The van der Waals surface area contributed by atoms with Gasteiger partial charge in [-0.3, -0.25) is 14.3 Å². The first-order chi connectivity index (χ1) is 12.9. The molecular formula is C20H18F3N3O. The van der Waals surface area contributed by atoms with Crippen LogP contribution < -0.4 is 5.56 Å². The van der Waals surface area contributed by atoms with Crippen LogP contribution in [0.4, 0.5) is 13.2 Å². The zero-order chi connectivity index (χ0) is 19.0. The van der Waals surface area contributed by atoms with E-state index in [1.54, 1.807) is 24.3 Å². The summed E-state index contributed by atoms with van der Waals surface area (Å²) < 4.78 is 40.8. The third-order valence-corrected chi connectivity index (χ3v) is 4.84. The Morgan fingerprint density at radius 3 is 2.48 bits per heavy atom. The lowest BCUT2D eigenvalue weighted by Gasteiger charge is -2.19. The number of fused-ring (bicyclic) bond motifs is 1. The van der Waals surface area contributed by atoms with Crippen LogP contribution in [-0.4, -0.2) is 27.5 Å². The number of para-hydroxylation sites is 1. The van der Waals surface area contributed by atoms with Crippen LogP contribution in [0.1, 0.15) is 24.2 Å². The SMILES string of the molecule is O=c1c2ccccc2nc(CN2CCCC2)n1-c1cccc(C(F)(F)F)c1. The Bertz CT molecular complexity index is 1040. The second-order valence-electron chi connectivity index (χ2n) is 6.72. The van der Waals surface area contributed by atoms with Crippen LogP contribution in [0.3, 0.4) is 0 Å². The van der Waals surface area contributed by atoms with E-state index in [0.29, 0.717) is 23.3 Å². The molecule has 2 heterocycles. The van der Waals surface area contributed by atoms with Crippen LogP contribution in [0.15, 0.2) is 53.3 Å². The fourth-order valence-corrected chi connectivity index (χ4v) is 3.51. The molecule has 3 aromatic rings. The highest BCUT2D eigenvalue weighted by Crippen LogP contribution is 2.30. The normalized spacial score (nSPS) is 15.5. The molecule has 4 nitrogen and oxygen atoms in total. The number of alkyl halides is 3. The number of nitrogens with zero attached hydrogens (tertiary/aromatic N) is 3. The lowest BCUT2D eigenvalue weighted by molar-refractivity contribution is -0.137. The summed E-state index contributed by atoms with van der Waals surface area (Å²) in [5.74, 6) is 0.458. The van der Waals surface area contributed by atoms with Crippen molar-refractivity contribution in [3.8, 4) is 5.69 Å². The zero-order valence-electron chi connectivity index (χ0n) is 14.5. The van der Waals surface area contributed by atoms with E-state index in [2.05, 4.69) is 9.88 Å². The zero-order valence-corrected chi connectivity index (χ0v) is 14.5. The Balaban J connectivity index is 1.92. The highest BCUT2D eigenvalue weighted by molar-refractivity contribution is 5.77. The van der Waals surface area contributed by atoms with Crippen molar-refractivity contribution in [3.63, 3.8) is 0 Å². The van der Waals surface area contributed by atoms with Gasteiger partial charge in [-0.25, -0.2) is 4.98 Å². The molecule has 1 aromatic heterocycles. The molecule has 0 spiro atoms. The summed E-state index contributed by atoms with van der Waals surface area (Å²) in [6.45, 7) is 2.22. The second-order valence-corrected chi connectivity index (χ2v) is 6.72. The maximum Gasteiger partial charge on any atom is 0.416 e. The van der Waals surface area contributed by atoms with Crippen LogP contribution in [0, 0.1) is 0 Å². The van der Waals surface area contributed by atoms with Crippen molar-refractivity contribution in [2.24, 2.45) is 0 Å². The van der Waals surface area contributed by atoms with E-state index in [4.69, 9.17) is 0 Å². The van der Waals surface area contributed by atoms with Gasteiger partial charge in [0.1, 0.15) is 5.82 Å². The monoisotopic (exact) mass is 373 g/mol. The molecule has 4 rings (SSSR count). The van der Waals surface area contributed by atoms with Crippen LogP contribution >= 0.6 is 0 Å². The first-order valence-electron chi connectivity index (χ1n) is 8.84. The molecule has 1 saturated heterocycles. The van der Waals surface area contributed by atoms with Crippen LogP contribution in [0.5, 0.6) is 0 Å². The molecule has 0 N–H and O–H groups in total. The van der Waals surface area contributed by atoms with Gasteiger partial charge in [-0.1, -0.05) is 18.2 Å². The van der Waals surface area contributed by atoms with E-state index >= 15 is 0 Å². The lowest BCUT2D eigenvalue weighted by Crippen LogP contribution is -2.29.